The van der Waals surface area contributed by atoms with Crippen molar-refractivity contribution in [3.8, 4) is 5.75 Å². The molecular weight excluding hydrogens is 248 g/mol. The van der Waals surface area contributed by atoms with E-state index in [0.29, 0.717) is 0 Å². The minimum Gasteiger partial charge on any atom is -0.497 e. The number of pyridine rings is 1. The summed E-state index contributed by atoms with van der Waals surface area (Å²) in [5, 5.41) is 3.40. The first kappa shape index (κ1) is 14.5. The van der Waals surface area contributed by atoms with Crippen molar-refractivity contribution in [3.05, 3.63) is 58.4 Å². The molecule has 0 aliphatic heterocycles. The monoisotopic (exact) mass is 270 g/mol. The Morgan fingerprint density at radius 1 is 1.05 bits per heavy atom. The van der Waals surface area contributed by atoms with Crippen molar-refractivity contribution in [2.45, 2.75) is 26.8 Å². The second kappa shape index (κ2) is 6.06. The molecule has 1 N–H and O–H groups in total. The van der Waals surface area contributed by atoms with E-state index < -0.39 is 0 Å². The number of benzene rings is 1. The Bertz CT molecular complexity index is 588. The Morgan fingerprint density at radius 2 is 1.70 bits per heavy atom. The molecule has 0 saturated heterocycles. The molecule has 0 spiro atoms. The summed E-state index contributed by atoms with van der Waals surface area (Å²) < 4.78 is 5.28. The van der Waals surface area contributed by atoms with E-state index in [9.17, 15) is 0 Å². The van der Waals surface area contributed by atoms with Gasteiger partial charge in [-0.2, -0.15) is 0 Å². The van der Waals surface area contributed by atoms with Crippen molar-refractivity contribution in [3.63, 3.8) is 0 Å². The number of aryl methyl sites for hydroxylation is 3. The second-order valence-electron chi connectivity index (χ2n) is 5.13. The number of nitrogens with zero attached hydrogens (tertiary/aromatic N) is 1. The van der Waals surface area contributed by atoms with E-state index in [1.807, 2.05) is 27.0 Å². The van der Waals surface area contributed by atoms with E-state index in [1.165, 1.54) is 16.7 Å². The van der Waals surface area contributed by atoms with Crippen LogP contribution in [0, 0.1) is 20.8 Å². The molecule has 3 nitrogen and oxygen atoms in total. The van der Waals surface area contributed by atoms with Crippen LogP contribution in [0.15, 0.2) is 30.3 Å². The smallest absolute Gasteiger partial charge is 0.119 e. The Balaban J connectivity index is 2.46. The Hall–Kier alpha value is -1.87. The number of methoxy groups -OCH3 is 1. The van der Waals surface area contributed by atoms with Gasteiger partial charge in [0.1, 0.15) is 5.75 Å². The molecule has 1 unspecified atom stereocenters. The van der Waals surface area contributed by atoms with Crippen molar-refractivity contribution in [1.82, 2.24) is 10.3 Å². The number of hydrogen-bond donors (Lipinski definition) is 1. The van der Waals surface area contributed by atoms with E-state index in [2.05, 4.69) is 41.5 Å². The highest BCUT2D eigenvalue weighted by molar-refractivity contribution is 5.41. The van der Waals surface area contributed by atoms with Crippen LogP contribution < -0.4 is 10.1 Å². The molecule has 0 aliphatic rings. The largest absolute Gasteiger partial charge is 0.497 e. The van der Waals surface area contributed by atoms with Crippen LogP contribution in [0.4, 0.5) is 0 Å². The molecular formula is C17H22N2O. The van der Waals surface area contributed by atoms with E-state index in [4.69, 9.17) is 4.74 Å². The van der Waals surface area contributed by atoms with Crippen molar-refractivity contribution in [2.75, 3.05) is 14.2 Å². The van der Waals surface area contributed by atoms with Gasteiger partial charge >= 0.3 is 0 Å². The van der Waals surface area contributed by atoms with Crippen LogP contribution in [0.2, 0.25) is 0 Å². The van der Waals surface area contributed by atoms with Crippen molar-refractivity contribution >= 4 is 0 Å². The third-order valence-corrected chi connectivity index (χ3v) is 3.51. The second-order valence-corrected chi connectivity index (χ2v) is 5.13. The van der Waals surface area contributed by atoms with Gasteiger partial charge in [-0.05, 0) is 68.8 Å². The zero-order valence-corrected chi connectivity index (χ0v) is 12.8. The number of ether oxygens (including phenoxy) is 1. The third kappa shape index (κ3) is 2.99. The van der Waals surface area contributed by atoms with Gasteiger partial charge in [-0.3, -0.25) is 4.98 Å². The topological polar surface area (TPSA) is 34.2 Å². The van der Waals surface area contributed by atoms with Crippen LogP contribution in [0.3, 0.4) is 0 Å². The average molecular weight is 270 g/mol. The predicted molar refractivity (Wildman–Crippen MR) is 82.3 cm³/mol. The standard InChI is InChI=1S/C17H22N2O/c1-11-8-15(20-5)6-7-16(11)17(18-4)14-9-12(2)19-13(3)10-14/h6-10,17-18H,1-5H3. The van der Waals surface area contributed by atoms with Gasteiger partial charge in [0.25, 0.3) is 0 Å². The van der Waals surface area contributed by atoms with E-state index in [1.54, 1.807) is 7.11 Å². The lowest BCUT2D eigenvalue weighted by Gasteiger charge is -2.20. The number of hydrogen-bond acceptors (Lipinski definition) is 3. The van der Waals surface area contributed by atoms with E-state index in [-0.39, 0.29) is 6.04 Å². The van der Waals surface area contributed by atoms with Crippen LogP contribution in [0.1, 0.15) is 34.1 Å². The molecule has 2 rings (SSSR count). The van der Waals surface area contributed by atoms with Gasteiger partial charge in [0, 0.05) is 11.4 Å². The van der Waals surface area contributed by atoms with Crippen molar-refractivity contribution in [2.24, 2.45) is 0 Å². The minimum absolute atomic E-state index is 0.168. The van der Waals surface area contributed by atoms with Crippen LogP contribution in [-0.4, -0.2) is 19.1 Å². The summed E-state index contributed by atoms with van der Waals surface area (Å²) in [6.45, 7) is 6.18. The van der Waals surface area contributed by atoms with Gasteiger partial charge < -0.3 is 10.1 Å². The summed E-state index contributed by atoms with van der Waals surface area (Å²) in [4.78, 5) is 4.45. The SMILES string of the molecule is CNC(c1cc(C)nc(C)c1)c1ccc(OC)cc1C. The van der Waals surface area contributed by atoms with Gasteiger partial charge in [-0.1, -0.05) is 6.07 Å². The van der Waals surface area contributed by atoms with Gasteiger partial charge in [0.05, 0.1) is 13.2 Å². The average Bonchev–Trinajstić information content (AvgIpc) is 2.40. The van der Waals surface area contributed by atoms with Crippen LogP contribution in [-0.2, 0) is 0 Å². The molecule has 1 atom stereocenters. The van der Waals surface area contributed by atoms with E-state index in [0.717, 1.165) is 17.1 Å². The van der Waals surface area contributed by atoms with Gasteiger partial charge in [-0.15, -0.1) is 0 Å². The highest BCUT2D eigenvalue weighted by atomic mass is 16.5. The predicted octanol–water partition coefficient (Wildman–Crippen LogP) is 3.32. The van der Waals surface area contributed by atoms with Crippen LogP contribution in [0.25, 0.3) is 0 Å². The Kier molecular flexibility index (Phi) is 4.40. The summed E-state index contributed by atoms with van der Waals surface area (Å²) in [6.07, 6.45) is 0. The lowest BCUT2D eigenvalue weighted by Crippen LogP contribution is -2.19. The molecule has 1 aromatic carbocycles. The zero-order valence-electron chi connectivity index (χ0n) is 12.8. The fourth-order valence-electron chi connectivity index (χ4n) is 2.63. The highest BCUT2D eigenvalue weighted by Gasteiger charge is 2.15. The molecule has 1 aromatic heterocycles. The lowest BCUT2D eigenvalue weighted by molar-refractivity contribution is 0.414. The van der Waals surface area contributed by atoms with Gasteiger partial charge in [0.15, 0.2) is 0 Å². The molecule has 0 aliphatic carbocycles. The van der Waals surface area contributed by atoms with Crippen molar-refractivity contribution < 1.29 is 4.74 Å². The fraction of sp³-hybridized carbons (Fsp3) is 0.353. The molecule has 2 aromatic rings. The minimum atomic E-state index is 0.168. The highest BCUT2D eigenvalue weighted by Crippen LogP contribution is 2.28. The first-order valence-corrected chi connectivity index (χ1v) is 6.82. The molecule has 20 heavy (non-hydrogen) atoms. The molecule has 106 valence electrons. The van der Waals surface area contributed by atoms with Gasteiger partial charge in [-0.25, -0.2) is 0 Å². The van der Waals surface area contributed by atoms with E-state index >= 15 is 0 Å². The normalized spacial score (nSPS) is 12.2. The zero-order chi connectivity index (χ0) is 14.7. The molecule has 0 bridgehead atoms. The maximum absolute atomic E-state index is 5.28. The summed E-state index contributed by atoms with van der Waals surface area (Å²) in [7, 11) is 3.68. The third-order valence-electron chi connectivity index (χ3n) is 3.51. The lowest BCUT2D eigenvalue weighted by atomic mass is 9.94. The molecule has 0 radical (unpaired) electrons. The van der Waals surface area contributed by atoms with Gasteiger partial charge in [0.2, 0.25) is 0 Å². The van der Waals surface area contributed by atoms with Crippen molar-refractivity contribution in [1.29, 1.82) is 0 Å². The molecule has 0 saturated carbocycles. The summed E-state index contributed by atoms with van der Waals surface area (Å²) in [5.41, 5.74) is 5.82. The van der Waals surface area contributed by atoms with Crippen LogP contribution >= 0.6 is 0 Å². The number of aromatic nitrogens is 1. The number of rotatable bonds is 4. The quantitative estimate of drug-likeness (QED) is 0.925. The molecule has 3 heteroatoms. The maximum Gasteiger partial charge on any atom is 0.119 e. The number of nitrogens with one attached hydrogen (secondary N) is 1. The maximum atomic E-state index is 5.28. The molecule has 0 amide bonds. The summed E-state index contributed by atoms with van der Waals surface area (Å²) in [6, 6.07) is 10.6. The first-order chi connectivity index (χ1) is 9.55. The fourth-order valence-corrected chi connectivity index (χ4v) is 2.63. The summed E-state index contributed by atoms with van der Waals surface area (Å²) >= 11 is 0. The summed E-state index contributed by atoms with van der Waals surface area (Å²) in [5.74, 6) is 0.892. The molecule has 0 fully saturated rings. The Labute approximate surface area is 121 Å². The first-order valence-electron chi connectivity index (χ1n) is 6.82. The molecule has 1 heterocycles. The van der Waals surface area contributed by atoms with Crippen LogP contribution in [0.5, 0.6) is 5.75 Å². The Morgan fingerprint density at radius 3 is 2.20 bits per heavy atom.